The molecule has 0 saturated carbocycles. The van der Waals surface area contributed by atoms with Gasteiger partial charge in [-0.05, 0) is 74.0 Å². The molecule has 37 heavy (non-hydrogen) atoms. The van der Waals surface area contributed by atoms with Crippen LogP contribution in [0.4, 0.5) is 4.39 Å². The molecule has 9 heteroatoms. The molecule has 1 N–H and O–H groups in total. The summed E-state index contributed by atoms with van der Waals surface area (Å²) >= 11 is 1.43. The van der Waals surface area contributed by atoms with E-state index < -0.39 is 12.1 Å². The first-order valence-corrected chi connectivity index (χ1v) is 12.6. The van der Waals surface area contributed by atoms with Crippen LogP contribution in [0, 0.1) is 12.7 Å². The highest BCUT2D eigenvalue weighted by Gasteiger charge is 2.25. The number of thiazole rings is 1. The van der Waals surface area contributed by atoms with Gasteiger partial charge in [-0.2, -0.15) is 5.10 Å². The van der Waals surface area contributed by atoms with Crippen molar-refractivity contribution in [3.05, 3.63) is 100 Å². The lowest BCUT2D eigenvalue weighted by molar-refractivity contribution is 0.0877. The normalized spacial score (nSPS) is 12.8. The van der Waals surface area contributed by atoms with E-state index in [2.05, 4.69) is 15.4 Å². The number of fused-ring (bicyclic) bond motifs is 1. The van der Waals surface area contributed by atoms with Gasteiger partial charge in [0.05, 0.1) is 36.1 Å². The molecule has 5 rings (SSSR count). The van der Waals surface area contributed by atoms with Crippen LogP contribution < -0.4 is 14.8 Å². The van der Waals surface area contributed by atoms with Crippen LogP contribution >= 0.6 is 11.3 Å². The van der Waals surface area contributed by atoms with Crippen molar-refractivity contribution in [3.63, 3.8) is 0 Å². The van der Waals surface area contributed by atoms with Crippen molar-refractivity contribution < 1.29 is 18.7 Å². The first kappa shape index (κ1) is 24.5. The van der Waals surface area contributed by atoms with Crippen LogP contribution in [0.15, 0.2) is 78.4 Å². The predicted molar refractivity (Wildman–Crippen MR) is 141 cm³/mol. The summed E-state index contributed by atoms with van der Waals surface area (Å²) < 4.78 is 27.0. The maximum absolute atomic E-state index is 13.4. The molecule has 2 aromatic heterocycles. The average Bonchev–Trinajstić information content (AvgIpc) is 3.53. The number of halogens is 1. The van der Waals surface area contributed by atoms with Gasteiger partial charge >= 0.3 is 0 Å². The third-order valence-corrected chi connectivity index (χ3v) is 6.83. The first-order valence-electron chi connectivity index (χ1n) is 11.7. The van der Waals surface area contributed by atoms with Crippen molar-refractivity contribution in [2.24, 2.45) is 0 Å². The molecule has 0 radical (unpaired) electrons. The number of benzene rings is 3. The van der Waals surface area contributed by atoms with Gasteiger partial charge in [0.15, 0.2) is 0 Å². The number of nitrogens with one attached hydrogen (secondary N) is 1. The summed E-state index contributed by atoms with van der Waals surface area (Å²) in [6.07, 6.45) is 1.23. The lowest BCUT2D eigenvalue weighted by atomic mass is 10.0. The Balaban J connectivity index is 1.45. The van der Waals surface area contributed by atoms with Gasteiger partial charge in [0.2, 0.25) is 0 Å². The highest BCUT2D eigenvalue weighted by Crippen LogP contribution is 2.30. The molecule has 0 aliphatic carbocycles. The highest BCUT2D eigenvalue weighted by atomic mass is 32.1. The second kappa shape index (κ2) is 10.4. The van der Waals surface area contributed by atoms with Crippen molar-refractivity contribution >= 4 is 28.1 Å². The van der Waals surface area contributed by atoms with Crippen molar-refractivity contribution in [3.8, 4) is 17.2 Å². The van der Waals surface area contributed by atoms with E-state index in [9.17, 15) is 9.18 Å². The Labute approximate surface area is 217 Å². The zero-order valence-corrected chi connectivity index (χ0v) is 21.3. The van der Waals surface area contributed by atoms with Crippen LogP contribution in [0.3, 0.4) is 0 Å². The van der Waals surface area contributed by atoms with Crippen LogP contribution in [0.1, 0.15) is 34.0 Å². The SMILES string of the molecule is COc1cccc(C(Oc2ccc3c(cnn3-c3ccc(F)cc3)c2)C(C)NC(=O)c2ncsc2C)c1. The number of nitrogens with zero attached hydrogens (tertiary/aromatic N) is 3. The predicted octanol–water partition coefficient (Wildman–Crippen LogP) is 5.88. The summed E-state index contributed by atoms with van der Waals surface area (Å²) in [5.41, 5.74) is 4.54. The zero-order chi connectivity index (χ0) is 25.9. The Hall–Kier alpha value is -4.24. The molecule has 1 amide bonds. The standard InChI is InChI=1S/C28H25FN4O3S/c1-17(32-28(34)26-18(2)37-16-30-26)27(19-5-4-6-23(13-19)35-3)36-24-11-12-25-20(14-24)15-31-33(25)22-9-7-21(29)8-10-22/h4-17,27H,1-3H3,(H,32,34). The van der Waals surface area contributed by atoms with Gasteiger partial charge in [-0.15, -0.1) is 11.3 Å². The Morgan fingerprint density at radius 2 is 1.89 bits per heavy atom. The molecule has 2 heterocycles. The number of carbonyl (C=O) groups is 1. The number of rotatable bonds is 8. The molecule has 7 nitrogen and oxygen atoms in total. The number of carbonyl (C=O) groups excluding carboxylic acids is 1. The number of hydrogen-bond donors (Lipinski definition) is 1. The quantitative estimate of drug-likeness (QED) is 0.279. The Kier molecular flexibility index (Phi) is 6.87. The van der Waals surface area contributed by atoms with Gasteiger partial charge in [-0.1, -0.05) is 12.1 Å². The first-order chi connectivity index (χ1) is 17.9. The van der Waals surface area contributed by atoms with E-state index in [1.165, 1.54) is 23.5 Å². The molecular weight excluding hydrogens is 491 g/mol. The van der Waals surface area contributed by atoms with Gasteiger partial charge in [-0.25, -0.2) is 14.1 Å². The van der Waals surface area contributed by atoms with Crippen LogP contribution in [0.25, 0.3) is 16.6 Å². The van der Waals surface area contributed by atoms with E-state index in [4.69, 9.17) is 9.47 Å². The van der Waals surface area contributed by atoms with Crippen LogP contribution in [-0.4, -0.2) is 33.8 Å². The van der Waals surface area contributed by atoms with E-state index in [1.54, 1.807) is 35.6 Å². The third kappa shape index (κ3) is 5.17. The number of ether oxygens (including phenoxy) is 2. The topological polar surface area (TPSA) is 78.3 Å². The van der Waals surface area contributed by atoms with Crippen molar-refractivity contribution in [2.75, 3.05) is 7.11 Å². The lowest BCUT2D eigenvalue weighted by Crippen LogP contribution is -2.39. The molecule has 0 saturated heterocycles. The fourth-order valence-corrected chi connectivity index (χ4v) is 4.74. The number of hydrogen-bond acceptors (Lipinski definition) is 6. The van der Waals surface area contributed by atoms with Crippen LogP contribution in [0.5, 0.6) is 11.5 Å². The maximum Gasteiger partial charge on any atom is 0.271 e. The second-order valence-electron chi connectivity index (χ2n) is 8.59. The Morgan fingerprint density at radius 3 is 2.62 bits per heavy atom. The Bertz CT molecular complexity index is 1550. The van der Waals surface area contributed by atoms with Crippen molar-refractivity contribution in [1.29, 1.82) is 0 Å². The van der Waals surface area contributed by atoms with Crippen molar-refractivity contribution in [1.82, 2.24) is 20.1 Å². The maximum atomic E-state index is 13.4. The van der Waals surface area contributed by atoms with E-state index in [-0.39, 0.29) is 11.7 Å². The fourth-order valence-electron chi connectivity index (χ4n) is 4.17. The molecule has 2 unspecified atom stereocenters. The van der Waals surface area contributed by atoms with E-state index in [0.29, 0.717) is 17.2 Å². The number of amides is 1. The second-order valence-corrected chi connectivity index (χ2v) is 9.65. The Morgan fingerprint density at radius 1 is 1.08 bits per heavy atom. The van der Waals surface area contributed by atoms with Crippen LogP contribution in [-0.2, 0) is 0 Å². The molecular formula is C28H25FN4O3S. The molecule has 0 aliphatic rings. The molecule has 0 spiro atoms. The van der Waals surface area contributed by atoms with Gasteiger partial charge in [0.25, 0.3) is 5.91 Å². The number of aryl methyl sites for hydroxylation is 1. The van der Waals surface area contributed by atoms with E-state index in [1.807, 2.05) is 56.3 Å². The van der Waals surface area contributed by atoms with Gasteiger partial charge in [-0.3, -0.25) is 4.79 Å². The smallest absolute Gasteiger partial charge is 0.271 e. The van der Waals surface area contributed by atoms with Crippen LogP contribution in [0.2, 0.25) is 0 Å². The number of aromatic nitrogens is 3. The summed E-state index contributed by atoms with van der Waals surface area (Å²) in [5.74, 6) is 0.755. The van der Waals surface area contributed by atoms with E-state index in [0.717, 1.165) is 27.0 Å². The molecule has 188 valence electrons. The average molecular weight is 517 g/mol. The van der Waals surface area contributed by atoms with Gasteiger partial charge in [0.1, 0.15) is 29.1 Å². The minimum Gasteiger partial charge on any atom is -0.497 e. The largest absolute Gasteiger partial charge is 0.497 e. The summed E-state index contributed by atoms with van der Waals surface area (Å²) in [6.45, 7) is 3.77. The summed E-state index contributed by atoms with van der Waals surface area (Å²) in [5, 5.41) is 8.37. The molecule has 0 fully saturated rings. The molecule has 0 bridgehead atoms. The number of methoxy groups -OCH3 is 1. The van der Waals surface area contributed by atoms with Crippen molar-refractivity contribution in [2.45, 2.75) is 26.0 Å². The van der Waals surface area contributed by atoms with Gasteiger partial charge < -0.3 is 14.8 Å². The lowest BCUT2D eigenvalue weighted by Gasteiger charge is -2.27. The minimum atomic E-state index is -0.511. The highest BCUT2D eigenvalue weighted by molar-refractivity contribution is 7.09. The van der Waals surface area contributed by atoms with Gasteiger partial charge in [0, 0.05) is 10.3 Å². The zero-order valence-electron chi connectivity index (χ0n) is 20.5. The third-order valence-electron chi connectivity index (χ3n) is 6.07. The molecule has 5 aromatic rings. The summed E-state index contributed by atoms with van der Waals surface area (Å²) in [7, 11) is 1.61. The molecule has 3 aromatic carbocycles. The van der Waals surface area contributed by atoms with E-state index >= 15 is 0 Å². The fraction of sp³-hybridized carbons (Fsp3) is 0.179. The summed E-state index contributed by atoms with van der Waals surface area (Å²) in [6, 6.07) is 19.0. The monoisotopic (exact) mass is 516 g/mol. The molecule has 2 atom stereocenters. The summed E-state index contributed by atoms with van der Waals surface area (Å²) in [4.78, 5) is 17.9. The minimum absolute atomic E-state index is 0.251. The molecule has 0 aliphatic heterocycles.